The fourth-order valence-corrected chi connectivity index (χ4v) is 1.47. The lowest BCUT2D eigenvalue weighted by atomic mass is 10.2. The minimum absolute atomic E-state index is 0.119. The van der Waals surface area contributed by atoms with Gasteiger partial charge in [-0.2, -0.15) is 0 Å². The number of benzene rings is 1. The van der Waals surface area contributed by atoms with Crippen molar-refractivity contribution in [2.24, 2.45) is 0 Å². The molecule has 0 aliphatic carbocycles. The van der Waals surface area contributed by atoms with Crippen molar-refractivity contribution in [3.8, 4) is 5.75 Å². The van der Waals surface area contributed by atoms with Gasteiger partial charge in [-0.1, -0.05) is 12.1 Å². The van der Waals surface area contributed by atoms with Gasteiger partial charge in [0.2, 0.25) is 5.91 Å². The summed E-state index contributed by atoms with van der Waals surface area (Å²) >= 11 is 0. The van der Waals surface area contributed by atoms with E-state index in [4.69, 9.17) is 14.2 Å². The third-order valence-electron chi connectivity index (χ3n) is 2.50. The van der Waals surface area contributed by atoms with Crippen molar-refractivity contribution in [1.82, 2.24) is 5.32 Å². The zero-order valence-electron chi connectivity index (χ0n) is 10.9. The first-order valence-corrected chi connectivity index (χ1v) is 5.64. The average Bonchev–Trinajstić information content (AvgIpc) is 2.42. The Balaban J connectivity index is 2.42. The highest BCUT2D eigenvalue weighted by molar-refractivity contribution is 5.76. The molecule has 0 fully saturated rings. The molecular formula is C13H19NO4. The summed E-state index contributed by atoms with van der Waals surface area (Å²) in [6, 6.07) is 7.54. The average molecular weight is 253 g/mol. The fourth-order valence-electron chi connectivity index (χ4n) is 1.47. The number of methoxy groups -OCH3 is 3. The monoisotopic (exact) mass is 253 g/mol. The van der Waals surface area contributed by atoms with Crippen molar-refractivity contribution in [1.29, 1.82) is 0 Å². The molecule has 0 unspecified atom stereocenters. The zero-order chi connectivity index (χ0) is 13.4. The molecule has 1 rings (SSSR count). The van der Waals surface area contributed by atoms with E-state index >= 15 is 0 Å². The smallest absolute Gasteiger partial charge is 0.225 e. The van der Waals surface area contributed by atoms with Gasteiger partial charge in [0, 0.05) is 20.8 Å². The van der Waals surface area contributed by atoms with Crippen LogP contribution in [0.1, 0.15) is 12.0 Å². The van der Waals surface area contributed by atoms with Crippen LogP contribution in [-0.2, 0) is 20.8 Å². The maximum atomic E-state index is 11.6. The molecule has 0 bridgehead atoms. The topological polar surface area (TPSA) is 56.8 Å². The van der Waals surface area contributed by atoms with E-state index in [0.717, 1.165) is 11.3 Å². The Morgan fingerprint density at radius 3 is 2.61 bits per heavy atom. The van der Waals surface area contributed by atoms with E-state index in [1.54, 1.807) is 7.11 Å². The highest BCUT2D eigenvalue weighted by atomic mass is 16.7. The van der Waals surface area contributed by atoms with Gasteiger partial charge in [0.05, 0.1) is 13.5 Å². The number of amides is 1. The maximum absolute atomic E-state index is 11.6. The van der Waals surface area contributed by atoms with Crippen LogP contribution in [0.2, 0.25) is 0 Å². The highest BCUT2D eigenvalue weighted by Gasteiger charge is 2.11. The van der Waals surface area contributed by atoms with E-state index in [9.17, 15) is 4.79 Å². The fraction of sp³-hybridized carbons (Fsp3) is 0.462. The zero-order valence-corrected chi connectivity index (χ0v) is 10.9. The number of rotatable bonds is 7. The first-order valence-electron chi connectivity index (χ1n) is 5.64. The van der Waals surface area contributed by atoms with Crippen LogP contribution in [-0.4, -0.2) is 33.5 Å². The summed E-state index contributed by atoms with van der Waals surface area (Å²) < 4.78 is 15.0. The van der Waals surface area contributed by atoms with Crippen LogP contribution in [0.15, 0.2) is 24.3 Å². The second-order valence-corrected chi connectivity index (χ2v) is 3.73. The van der Waals surface area contributed by atoms with Gasteiger partial charge in [-0.3, -0.25) is 4.79 Å². The number of hydrogen-bond acceptors (Lipinski definition) is 4. The van der Waals surface area contributed by atoms with E-state index in [2.05, 4.69) is 5.32 Å². The summed E-state index contributed by atoms with van der Waals surface area (Å²) in [5.74, 6) is 0.653. The van der Waals surface area contributed by atoms with E-state index in [-0.39, 0.29) is 12.3 Å². The minimum atomic E-state index is -0.504. The summed E-state index contributed by atoms with van der Waals surface area (Å²) in [5.41, 5.74) is 0.981. The first kappa shape index (κ1) is 14.5. The SMILES string of the molecule is COc1cccc(CNC(=O)CC(OC)OC)c1. The van der Waals surface area contributed by atoms with Gasteiger partial charge < -0.3 is 19.5 Å². The molecule has 18 heavy (non-hydrogen) atoms. The molecule has 1 N–H and O–H groups in total. The van der Waals surface area contributed by atoms with Crippen LogP contribution in [0.25, 0.3) is 0 Å². The van der Waals surface area contributed by atoms with Gasteiger partial charge in [-0.25, -0.2) is 0 Å². The van der Waals surface area contributed by atoms with Gasteiger partial charge >= 0.3 is 0 Å². The van der Waals surface area contributed by atoms with Crippen LogP contribution in [0.3, 0.4) is 0 Å². The van der Waals surface area contributed by atoms with Crippen molar-refractivity contribution in [2.75, 3.05) is 21.3 Å². The Hall–Kier alpha value is -1.59. The molecule has 0 atom stereocenters. The Kier molecular flexibility index (Phi) is 6.18. The molecule has 0 spiro atoms. The number of carbonyl (C=O) groups is 1. The lowest BCUT2D eigenvalue weighted by Gasteiger charge is -2.13. The Morgan fingerprint density at radius 2 is 2.00 bits per heavy atom. The molecule has 1 aromatic rings. The van der Waals surface area contributed by atoms with Gasteiger partial charge in [0.25, 0.3) is 0 Å². The minimum Gasteiger partial charge on any atom is -0.497 e. The standard InChI is InChI=1S/C13H19NO4/c1-16-11-6-4-5-10(7-11)9-14-12(15)8-13(17-2)18-3/h4-7,13H,8-9H2,1-3H3,(H,14,15). The molecule has 5 nitrogen and oxygen atoms in total. The Morgan fingerprint density at radius 1 is 1.28 bits per heavy atom. The number of nitrogens with one attached hydrogen (secondary N) is 1. The Labute approximate surface area is 107 Å². The van der Waals surface area contributed by atoms with Crippen LogP contribution in [0, 0.1) is 0 Å². The number of ether oxygens (including phenoxy) is 3. The van der Waals surface area contributed by atoms with Crippen molar-refractivity contribution < 1.29 is 19.0 Å². The van der Waals surface area contributed by atoms with Crippen molar-refractivity contribution >= 4 is 5.91 Å². The molecule has 5 heteroatoms. The normalized spacial score (nSPS) is 10.4. The number of hydrogen-bond donors (Lipinski definition) is 1. The molecular weight excluding hydrogens is 234 g/mol. The lowest BCUT2D eigenvalue weighted by Crippen LogP contribution is -2.28. The van der Waals surface area contributed by atoms with Gasteiger partial charge in [-0.15, -0.1) is 0 Å². The summed E-state index contributed by atoms with van der Waals surface area (Å²) in [7, 11) is 4.62. The molecule has 0 saturated carbocycles. The van der Waals surface area contributed by atoms with Crippen LogP contribution in [0.5, 0.6) is 5.75 Å². The van der Waals surface area contributed by atoms with E-state index in [0.29, 0.717) is 6.54 Å². The van der Waals surface area contributed by atoms with E-state index in [1.807, 2.05) is 24.3 Å². The molecule has 100 valence electrons. The quantitative estimate of drug-likeness (QED) is 0.745. The Bertz CT molecular complexity index is 377. The molecule has 0 aliphatic rings. The number of carbonyl (C=O) groups excluding carboxylic acids is 1. The lowest BCUT2D eigenvalue weighted by molar-refractivity contribution is -0.139. The third kappa shape index (κ3) is 4.73. The molecule has 0 heterocycles. The summed E-state index contributed by atoms with van der Waals surface area (Å²) in [4.78, 5) is 11.6. The van der Waals surface area contributed by atoms with Crippen LogP contribution in [0.4, 0.5) is 0 Å². The molecule has 0 aliphatic heterocycles. The predicted octanol–water partition coefficient (Wildman–Crippen LogP) is 1.32. The summed E-state index contributed by atoms with van der Waals surface area (Å²) in [6.07, 6.45) is -0.327. The highest BCUT2D eigenvalue weighted by Crippen LogP contribution is 2.12. The van der Waals surface area contributed by atoms with Gasteiger partial charge in [0.15, 0.2) is 6.29 Å². The van der Waals surface area contributed by atoms with Crippen molar-refractivity contribution in [3.63, 3.8) is 0 Å². The molecule has 0 aromatic heterocycles. The molecule has 1 aromatic carbocycles. The molecule has 1 amide bonds. The third-order valence-corrected chi connectivity index (χ3v) is 2.50. The van der Waals surface area contributed by atoms with E-state index in [1.165, 1.54) is 14.2 Å². The van der Waals surface area contributed by atoms with E-state index < -0.39 is 6.29 Å². The van der Waals surface area contributed by atoms with Gasteiger partial charge in [-0.05, 0) is 17.7 Å². The van der Waals surface area contributed by atoms with Crippen molar-refractivity contribution in [2.45, 2.75) is 19.3 Å². The molecule has 0 saturated heterocycles. The second-order valence-electron chi connectivity index (χ2n) is 3.73. The first-order chi connectivity index (χ1) is 8.69. The predicted molar refractivity (Wildman–Crippen MR) is 67.3 cm³/mol. The molecule has 0 radical (unpaired) electrons. The largest absolute Gasteiger partial charge is 0.497 e. The van der Waals surface area contributed by atoms with Crippen LogP contribution >= 0.6 is 0 Å². The summed E-state index contributed by atoms with van der Waals surface area (Å²) in [6.45, 7) is 0.455. The maximum Gasteiger partial charge on any atom is 0.225 e. The van der Waals surface area contributed by atoms with Crippen LogP contribution < -0.4 is 10.1 Å². The van der Waals surface area contributed by atoms with Gasteiger partial charge in [0.1, 0.15) is 5.75 Å². The van der Waals surface area contributed by atoms with Crippen molar-refractivity contribution in [3.05, 3.63) is 29.8 Å². The summed E-state index contributed by atoms with van der Waals surface area (Å²) in [5, 5.41) is 2.79. The second kappa shape index (κ2) is 7.68.